The van der Waals surface area contributed by atoms with Crippen LogP contribution in [0.15, 0.2) is 4.99 Å². The monoisotopic (exact) mass is 284 g/mol. The van der Waals surface area contributed by atoms with E-state index < -0.39 is 0 Å². The van der Waals surface area contributed by atoms with Gasteiger partial charge in [0, 0.05) is 25.7 Å². The molecule has 0 fully saturated rings. The fourth-order valence-corrected chi connectivity index (χ4v) is 1.74. The van der Waals surface area contributed by atoms with Gasteiger partial charge in [0.2, 0.25) is 0 Å². The lowest BCUT2D eigenvalue weighted by molar-refractivity contribution is 0.269. The third-order valence-corrected chi connectivity index (χ3v) is 3.43. The van der Waals surface area contributed by atoms with E-state index in [2.05, 4.69) is 62.2 Å². The molecule has 0 bridgehead atoms. The van der Waals surface area contributed by atoms with Crippen LogP contribution in [0.2, 0.25) is 0 Å². The molecule has 4 heteroatoms. The fourth-order valence-electron chi connectivity index (χ4n) is 1.74. The molecule has 0 unspecified atom stereocenters. The van der Waals surface area contributed by atoms with Crippen molar-refractivity contribution in [2.75, 3.05) is 33.2 Å². The first kappa shape index (κ1) is 19.2. The van der Waals surface area contributed by atoms with Gasteiger partial charge in [0.15, 0.2) is 5.96 Å². The van der Waals surface area contributed by atoms with E-state index in [-0.39, 0.29) is 0 Å². The SMILES string of the molecule is CCNC(=NCCCCN(C)C(C)C)NCCC(C)C. The predicted octanol–water partition coefficient (Wildman–Crippen LogP) is 2.71. The molecular weight excluding hydrogens is 248 g/mol. The summed E-state index contributed by atoms with van der Waals surface area (Å²) < 4.78 is 0. The topological polar surface area (TPSA) is 39.7 Å². The van der Waals surface area contributed by atoms with Crippen LogP contribution in [0.25, 0.3) is 0 Å². The average molecular weight is 284 g/mol. The average Bonchev–Trinajstić information content (AvgIpc) is 2.37. The van der Waals surface area contributed by atoms with Crippen LogP contribution in [0.3, 0.4) is 0 Å². The molecule has 0 aliphatic heterocycles. The first-order chi connectivity index (χ1) is 9.47. The molecule has 20 heavy (non-hydrogen) atoms. The third-order valence-electron chi connectivity index (χ3n) is 3.43. The Hall–Kier alpha value is -0.770. The minimum absolute atomic E-state index is 0.633. The van der Waals surface area contributed by atoms with E-state index in [1.54, 1.807) is 0 Å². The molecular formula is C16H36N4. The number of unbranched alkanes of at least 4 members (excludes halogenated alkanes) is 1. The molecule has 0 aliphatic rings. The second kappa shape index (κ2) is 12.0. The van der Waals surface area contributed by atoms with Gasteiger partial charge in [-0.15, -0.1) is 0 Å². The molecule has 4 nitrogen and oxygen atoms in total. The molecule has 0 amide bonds. The van der Waals surface area contributed by atoms with Gasteiger partial charge < -0.3 is 15.5 Å². The van der Waals surface area contributed by atoms with Gasteiger partial charge in [0.25, 0.3) is 0 Å². The summed E-state index contributed by atoms with van der Waals surface area (Å²) in [6.07, 6.45) is 3.55. The molecule has 2 N–H and O–H groups in total. The van der Waals surface area contributed by atoms with Gasteiger partial charge in [-0.3, -0.25) is 4.99 Å². The number of guanidine groups is 1. The van der Waals surface area contributed by atoms with Crippen molar-refractivity contribution in [3.05, 3.63) is 0 Å². The van der Waals surface area contributed by atoms with Crippen molar-refractivity contribution < 1.29 is 0 Å². The Morgan fingerprint density at radius 3 is 2.35 bits per heavy atom. The number of rotatable bonds is 10. The van der Waals surface area contributed by atoms with Gasteiger partial charge in [0.1, 0.15) is 0 Å². The minimum Gasteiger partial charge on any atom is -0.357 e. The highest BCUT2D eigenvalue weighted by Gasteiger charge is 2.02. The van der Waals surface area contributed by atoms with E-state index in [1.165, 1.54) is 12.8 Å². The van der Waals surface area contributed by atoms with Crippen LogP contribution in [0.4, 0.5) is 0 Å². The first-order valence-corrected chi connectivity index (χ1v) is 8.19. The zero-order chi connectivity index (χ0) is 15.4. The van der Waals surface area contributed by atoms with Crippen LogP contribution in [0.5, 0.6) is 0 Å². The van der Waals surface area contributed by atoms with Gasteiger partial charge >= 0.3 is 0 Å². The van der Waals surface area contributed by atoms with E-state index in [0.29, 0.717) is 6.04 Å². The minimum atomic E-state index is 0.633. The van der Waals surface area contributed by atoms with E-state index in [4.69, 9.17) is 0 Å². The Morgan fingerprint density at radius 1 is 1.10 bits per heavy atom. The Bertz CT molecular complexity index is 249. The fraction of sp³-hybridized carbons (Fsp3) is 0.938. The van der Waals surface area contributed by atoms with Gasteiger partial charge in [-0.1, -0.05) is 13.8 Å². The van der Waals surface area contributed by atoms with Crippen molar-refractivity contribution in [1.29, 1.82) is 0 Å². The molecule has 0 saturated heterocycles. The highest BCUT2D eigenvalue weighted by Crippen LogP contribution is 1.99. The second-order valence-electron chi connectivity index (χ2n) is 6.15. The Balaban J connectivity index is 3.84. The van der Waals surface area contributed by atoms with Crippen LogP contribution in [-0.2, 0) is 0 Å². The highest BCUT2D eigenvalue weighted by atomic mass is 15.2. The summed E-state index contributed by atoms with van der Waals surface area (Å²) in [5.74, 6) is 1.70. The van der Waals surface area contributed by atoms with Crippen LogP contribution in [-0.4, -0.2) is 50.1 Å². The molecule has 0 saturated carbocycles. The summed E-state index contributed by atoms with van der Waals surface area (Å²) in [7, 11) is 2.19. The second-order valence-corrected chi connectivity index (χ2v) is 6.15. The molecule has 0 aromatic heterocycles. The van der Waals surface area contributed by atoms with Crippen LogP contribution in [0, 0.1) is 5.92 Å². The van der Waals surface area contributed by atoms with Crippen molar-refractivity contribution in [3.8, 4) is 0 Å². The van der Waals surface area contributed by atoms with Crippen LogP contribution >= 0.6 is 0 Å². The largest absolute Gasteiger partial charge is 0.357 e. The highest BCUT2D eigenvalue weighted by molar-refractivity contribution is 5.79. The maximum absolute atomic E-state index is 4.63. The van der Waals surface area contributed by atoms with Crippen molar-refractivity contribution in [3.63, 3.8) is 0 Å². The van der Waals surface area contributed by atoms with E-state index in [1.807, 2.05) is 0 Å². The zero-order valence-corrected chi connectivity index (χ0v) is 14.5. The van der Waals surface area contributed by atoms with Crippen molar-refractivity contribution in [1.82, 2.24) is 15.5 Å². The molecule has 0 aromatic carbocycles. The Labute approximate surface area is 126 Å². The lowest BCUT2D eigenvalue weighted by atomic mass is 10.1. The number of hydrogen-bond donors (Lipinski definition) is 2. The standard InChI is InChI=1S/C16H36N4/c1-7-17-16(19-12-10-14(2)3)18-11-8-9-13-20(6)15(4)5/h14-15H,7-13H2,1-6H3,(H2,17,18,19). The summed E-state index contributed by atoms with van der Waals surface area (Å²) >= 11 is 0. The van der Waals surface area contributed by atoms with Crippen LogP contribution in [0.1, 0.15) is 53.9 Å². The van der Waals surface area contributed by atoms with Crippen molar-refractivity contribution in [2.45, 2.75) is 59.9 Å². The summed E-state index contributed by atoms with van der Waals surface area (Å²) in [5.41, 5.74) is 0. The Kier molecular flexibility index (Phi) is 11.5. The lowest BCUT2D eigenvalue weighted by Crippen LogP contribution is -2.38. The van der Waals surface area contributed by atoms with Crippen molar-refractivity contribution in [2.24, 2.45) is 10.9 Å². The van der Waals surface area contributed by atoms with Crippen molar-refractivity contribution >= 4 is 5.96 Å². The molecule has 120 valence electrons. The third kappa shape index (κ3) is 11.1. The zero-order valence-electron chi connectivity index (χ0n) is 14.5. The van der Waals surface area contributed by atoms with E-state index in [9.17, 15) is 0 Å². The number of nitrogens with zero attached hydrogens (tertiary/aromatic N) is 2. The normalized spacial score (nSPS) is 12.6. The van der Waals surface area contributed by atoms with Gasteiger partial charge in [-0.05, 0) is 59.5 Å². The Morgan fingerprint density at radius 2 is 1.80 bits per heavy atom. The lowest BCUT2D eigenvalue weighted by Gasteiger charge is -2.20. The summed E-state index contributed by atoms with van der Waals surface area (Å²) in [6.45, 7) is 15.1. The molecule has 0 atom stereocenters. The van der Waals surface area contributed by atoms with Gasteiger partial charge in [-0.2, -0.15) is 0 Å². The maximum atomic E-state index is 4.63. The molecule has 0 aromatic rings. The van der Waals surface area contributed by atoms with E-state index in [0.717, 1.165) is 44.5 Å². The predicted molar refractivity (Wildman–Crippen MR) is 90.4 cm³/mol. The molecule has 0 spiro atoms. The van der Waals surface area contributed by atoms with Gasteiger partial charge in [-0.25, -0.2) is 0 Å². The summed E-state index contributed by atoms with van der Waals surface area (Å²) in [6, 6.07) is 0.633. The summed E-state index contributed by atoms with van der Waals surface area (Å²) in [5, 5.41) is 6.70. The van der Waals surface area contributed by atoms with E-state index >= 15 is 0 Å². The van der Waals surface area contributed by atoms with Gasteiger partial charge in [0.05, 0.1) is 0 Å². The van der Waals surface area contributed by atoms with Crippen LogP contribution < -0.4 is 10.6 Å². The molecule has 0 heterocycles. The maximum Gasteiger partial charge on any atom is 0.191 e. The number of hydrogen-bond acceptors (Lipinski definition) is 2. The summed E-state index contributed by atoms with van der Waals surface area (Å²) in [4.78, 5) is 7.01. The number of nitrogens with one attached hydrogen (secondary N) is 2. The molecule has 0 radical (unpaired) electrons. The first-order valence-electron chi connectivity index (χ1n) is 8.19. The quantitative estimate of drug-likeness (QED) is 0.368. The molecule has 0 rings (SSSR count). The number of aliphatic imine (C=N–C) groups is 1. The molecule has 0 aliphatic carbocycles. The smallest absolute Gasteiger partial charge is 0.191 e.